The fourth-order valence-electron chi connectivity index (χ4n) is 2.38. The van der Waals surface area contributed by atoms with Gasteiger partial charge in [0, 0.05) is 0 Å². The van der Waals surface area contributed by atoms with E-state index in [9.17, 15) is 0 Å². The van der Waals surface area contributed by atoms with Gasteiger partial charge in [-0.2, -0.15) is 5.10 Å². The van der Waals surface area contributed by atoms with E-state index in [-0.39, 0.29) is 5.11 Å². The number of rotatable bonds is 8. The molecular weight excluding hydrogens is 346 g/mol. The van der Waals surface area contributed by atoms with E-state index in [0.29, 0.717) is 19.1 Å². The van der Waals surface area contributed by atoms with Crippen LogP contribution in [0, 0.1) is 6.92 Å². The molecule has 0 saturated carbocycles. The van der Waals surface area contributed by atoms with E-state index in [1.165, 1.54) is 11.1 Å². The summed E-state index contributed by atoms with van der Waals surface area (Å²) in [5.74, 6) is 2.13. The van der Waals surface area contributed by atoms with Gasteiger partial charge in [0.2, 0.25) is 0 Å². The normalized spacial score (nSPS) is 10.9. The minimum absolute atomic E-state index is 0.135. The van der Waals surface area contributed by atoms with E-state index >= 15 is 0 Å². The summed E-state index contributed by atoms with van der Waals surface area (Å²) in [6.45, 7) is 7.35. The predicted octanol–water partition coefficient (Wildman–Crippen LogP) is 3.74. The van der Waals surface area contributed by atoms with Gasteiger partial charge in [0.1, 0.15) is 24.7 Å². The summed E-state index contributed by atoms with van der Waals surface area (Å²) >= 11 is 4.68. The summed E-state index contributed by atoms with van der Waals surface area (Å²) in [7, 11) is 0. The highest BCUT2D eigenvalue weighted by Gasteiger charge is 2.08. The number of benzene rings is 2. The van der Waals surface area contributed by atoms with Crippen LogP contribution in [0.15, 0.2) is 47.6 Å². The molecule has 0 aliphatic rings. The maximum atomic E-state index is 5.92. The van der Waals surface area contributed by atoms with Gasteiger partial charge in [-0.1, -0.05) is 26.0 Å². The van der Waals surface area contributed by atoms with Crippen LogP contribution in [0.1, 0.15) is 36.5 Å². The number of hydrazone groups is 1. The molecule has 0 fully saturated rings. The molecule has 6 heteroatoms. The van der Waals surface area contributed by atoms with Crippen molar-refractivity contribution in [3.05, 3.63) is 59.2 Å². The Kier molecular flexibility index (Phi) is 7.41. The van der Waals surface area contributed by atoms with E-state index in [1.54, 1.807) is 6.21 Å². The maximum absolute atomic E-state index is 5.92. The van der Waals surface area contributed by atoms with Gasteiger partial charge in [0.25, 0.3) is 0 Å². The molecular formula is C20H25N3O2S. The average molecular weight is 372 g/mol. The molecule has 2 aromatic carbocycles. The molecule has 0 spiro atoms. The second kappa shape index (κ2) is 9.77. The second-order valence-electron chi connectivity index (χ2n) is 6.20. The molecule has 0 radical (unpaired) electrons. The first-order chi connectivity index (χ1) is 12.5. The van der Waals surface area contributed by atoms with Crippen LogP contribution >= 0.6 is 12.2 Å². The lowest BCUT2D eigenvalue weighted by molar-refractivity contribution is 0.215. The van der Waals surface area contributed by atoms with Crippen molar-refractivity contribution in [2.24, 2.45) is 10.8 Å². The van der Waals surface area contributed by atoms with Crippen LogP contribution < -0.4 is 20.6 Å². The Labute approximate surface area is 160 Å². The van der Waals surface area contributed by atoms with Gasteiger partial charge in [-0.25, -0.2) is 0 Å². The smallest absolute Gasteiger partial charge is 0.184 e. The van der Waals surface area contributed by atoms with Gasteiger partial charge < -0.3 is 15.2 Å². The van der Waals surface area contributed by atoms with E-state index in [0.717, 1.165) is 17.1 Å². The van der Waals surface area contributed by atoms with E-state index < -0.39 is 0 Å². The first kappa shape index (κ1) is 19.7. The number of nitrogens with one attached hydrogen (secondary N) is 1. The lowest BCUT2D eigenvalue weighted by Gasteiger charge is -2.15. The van der Waals surface area contributed by atoms with Gasteiger partial charge in [0.15, 0.2) is 5.11 Å². The van der Waals surface area contributed by atoms with Crippen molar-refractivity contribution in [2.75, 3.05) is 13.2 Å². The standard InChI is InChI=1S/C20H25N3O2S/c1-14(2)18-9-4-15(3)12-19(18)25-11-10-24-17-7-5-16(6-8-17)13-22-23-20(21)26/h4-9,12-14H,10-11H2,1-3H3,(H3,21,23,26)/b22-13-. The molecule has 0 bridgehead atoms. The summed E-state index contributed by atoms with van der Waals surface area (Å²) in [4.78, 5) is 0. The molecule has 0 aromatic heterocycles. The third kappa shape index (κ3) is 6.37. The molecule has 0 aliphatic carbocycles. The van der Waals surface area contributed by atoms with Crippen LogP contribution in [0.3, 0.4) is 0 Å². The number of nitrogens with two attached hydrogens (primary N) is 1. The number of thiocarbonyl (C=S) groups is 1. The zero-order chi connectivity index (χ0) is 18.9. The van der Waals surface area contributed by atoms with Crippen molar-refractivity contribution in [1.82, 2.24) is 5.43 Å². The number of aryl methyl sites for hydroxylation is 1. The molecule has 0 unspecified atom stereocenters. The molecule has 5 nitrogen and oxygen atoms in total. The highest BCUT2D eigenvalue weighted by atomic mass is 32.1. The highest BCUT2D eigenvalue weighted by molar-refractivity contribution is 7.80. The van der Waals surface area contributed by atoms with Gasteiger partial charge in [0.05, 0.1) is 6.21 Å². The summed E-state index contributed by atoms with van der Waals surface area (Å²) in [5, 5.41) is 4.04. The van der Waals surface area contributed by atoms with E-state index in [1.807, 2.05) is 24.3 Å². The van der Waals surface area contributed by atoms with Crippen molar-refractivity contribution in [1.29, 1.82) is 0 Å². The van der Waals surface area contributed by atoms with Gasteiger partial charge in [-0.15, -0.1) is 0 Å². The largest absolute Gasteiger partial charge is 0.490 e. The molecule has 0 saturated heterocycles. The monoisotopic (exact) mass is 371 g/mol. The van der Waals surface area contributed by atoms with Crippen molar-refractivity contribution in [2.45, 2.75) is 26.7 Å². The Morgan fingerprint density at radius 3 is 2.50 bits per heavy atom. The SMILES string of the molecule is Cc1ccc(C(C)C)c(OCCOc2ccc(/C=N\NC(N)=S)cc2)c1. The van der Waals surface area contributed by atoms with Crippen LogP contribution in [0.4, 0.5) is 0 Å². The van der Waals surface area contributed by atoms with Crippen molar-refractivity contribution >= 4 is 23.5 Å². The number of hydrogen-bond acceptors (Lipinski definition) is 4. The molecule has 0 amide bonds. The molecule has 3 N–H and O–H groups in total. The zero-order valence-corrected chi connectivity index (χ0v) is 16.2. The second-order valence-corrected chi connectivity index (χ2v) is 6.64. The third-order valence-electron chi connectivity index (χ3n) is 3.67. The van der Waals surface area contributed by atoms with Crippen LogP contribution in [0.5, 0.6) is 11.5 Å². The van der Waals surface area contributed by atoms with Crippen molar-refractivity contribution in [3.63, 3.8) is 0 Å². The number of nitrogens with zero attached hydrogens (tertiary/aromatic N) is 1. The number of ether oxygens (including phenoxy) is 2. The third-order valence-corrected chi connectivity index (χ3v) is 3.76. The molecule has 0 heterocycles. The Bertz CT molecular complexity index is 758. The fourth-order valence-corrected chi connectivity index (χ4v) is 2.43. The topological polar surface area (TPSA) is 68.9 Å². The summed E-state index contributed by atoms with van der Waals surface area (Å²) < 4.78 is 11.7. The van der Waals surface area contributed by atoms with Gasteiger partial charge >= 0.3 is 0 Å². The maximum Gasteiger partial charge on any atom is 0.184 e. The lowest BCUT2D eigenvalue weighted by atomic mass is 10.0. The van der Waals surface area contributed by atoms with Gasteiger partial charge in [-0.05, 0) is 72.1 Å². The van der Waals surface area contributed by atoms with E-state index in [4.69, 9.17) is 15.2 Å². The minimum atomic E-state index is 0.135. The Hall–Kier alpha value is -2.60. The highest BCUT2D eigenvalue weighted by Crippen LogP contribution is 2.27. The van der Waals surface area contributed by atoms with Crippen LogP contribution in [0.25, 0.3) is 0 Å². The first-order valence-corrected chi connectivity index (χ1v) is 8.91. The zero-order valence-electron chi connectivity index (χ0n) is 15.4. The lowest BCUT2D eigenvalue weighted by Crippen LogP contribution is -2.23. The van der Waals surface area contributed by atoms with Crippen LogP contribution in [-0.4, -0.2) is 24.5 Å². The van der Waals surface area contributed by atoms with Gasteiger partial charge in [-0.3, -0.25) is 5.43 Å². The summed E-state index contributed by atoms with van der Waals surface area (Å²) in [6, 6.07) is 13.9. The van der Waals surface area contributed by atoms with Crippen LogP contribution in [0.2, 0.25) is 0 Å². The minimum Gasteiger partial charge on any atom is -0.490 e. The Balaban J connectivity index is 1.82. The quantitative estimate of drug-likeness (QED) is 0.320. The molecule has 26 heavy (non-hydrogen) atoms. The van der Waals surface area contributed by atoms with Crippen LogP contribution in [-0.2, 0) is 0 Å². The molecule has 138 valence electrons. The van der Waals surface area contributed by atoms with E-state index in [2.05, 4.69) is 61.7 Å². The predicted molar refractivity (Wildman–Crippen MR) is 110 cm³/mol. The molecule has 0 atom stereocenters. The van der Waals surface area contributed by atoms with Crippen molar-refractivity contribution in [3.8, 4) is 11.5 Å². The molecule has 0 aliphatic heterocycles. The average Bonchev–Trinajstić information content (AvgIpc) is 2.59. The van der Waals surface area contributed by atoms with Crippen molar-refractivity contribution < 1.29 is 9.47 Å². The summed E-state index contributed by atoms with van der Waals surface area (Å²) in [6.07, 6.45) is 1.64. The Morgan fingerprint density at radius 1 is 1.15 bits per heavy atom. The molecule has 2 aromatic rings. The Morgan fingerprint density at radius 2 is 1.85 bits per heavy atom. The fraction of sp³-hybridized carbons (Fsp3) is 0.300. The summed E-state index contributed by atoms with van der Waals surface area (Å²) in [5.41, 5.74) is 11.1. The first-order valence-electron chi connectivity index (χ1n) is 8.50. The number of hydrogen-bond donors (Lipinski definition) is 2. The molecule has 2 rings (SSSR count).